The summed E-state index contributed by atoms with van der Waals surface area (Å²) in [5.74, 6) is 0.431. The van der Waals surface area contributed by atoms with Crippen LogP contribution in [0.15, 0.2) is 22.7 Å². The SMILES string of the molecule is CNCCCC(C)Oc1ccc(F)cc1Br. The highest BCUT2D eigenvalue weighted by atomic mass is 79.9. The topological polar surface area (TPSA) is 21.3 Å². The van der Waals surface area contributed by atoms with Crippen LogP contribution in [0.3, 0.4) is 0 Å². The van der Waals surface area contributed by atoms with E-state index in [1.165, 1.54) is 12.1 Å². The van der Waals surface area contributed by atoms with Crippen molar-refractivity contribution in [1.29, 1.82) is 0 Å². The van der Waals surface area contributed by atoms with Gasteiger partial charge in [0.05, 0.1) is 10.6 Å². The van der Waals surface area contributed by atoms with Gasteiger partial charge in [0.2, 0.25) is 0 Å². The van der Waals surface area contributed by atoms with Crippen LogP contribution in [0, 0.1) is 5.82 Å². The first-order chi connectivity index (χ1) is 7.63. The second-order valence-corrected chi connectivity index (χ2v) is 4.60. The first-order valence-electron chi connectivity index (χ1n) is 5.39. The largest absolute Gasteiger partial charge is 0.490 e. The summed E-state index contributed by atoms with van der Waals surface area (Å²) in [6.07, 6.45) is 2.18. The molecule has 1 aromatic carbocycles. The molecule has 1 rings (SSSR count). The predicted molar refractivity (Wildman–Crippen MR) is 67.4 cm³/mol. The van der Waals surface area contributed by atoms with E-state index in [2.05, 4.69) is 21.2 Å². The monoisotopic (exact) mass is 289 g/mol. The maximum absolute atomic E-state index is 12.8. The van der Waals surface area contributed by atoms with E-state index < -0.39 is 0 Å². The van der Waals surface area contributed by atoms with Crippen molar-refractivity contribution >= 4 is 15.9 Å². The van der Waals surface area contributed by atoms with Crippen molar-refractivity contribution in [3.8, 4) is 5.75 Å². The lowest BCUT2D eigenvalue weighted by molar-refractivity contribution is 0.206. The minimum atomic E-state index is -0.262. The molecule has 0 saturated carbocycles. The zero-order chi connectivity index (χ0) is 12.0. The van der Waals surface area contributed by atoms with Crippen molar-refractivity contribution in [3.63, 3.8) is 0 Å². The second kappa shape index (κ2) is 6.86. The standard InChI is InChI=1S/C12H17BrFNO/c1-9(4-3-7-15-2)16-12-6-5-10(14)8-11(12)13/h5-6,8-9,15H,3-4,7H2,1-2H3. The highest BCUT2D eigenvalue weighted by Crippen LogP contribution is 2.26. The Morgan fingerprint density at radius 3 is 2.88 bits per heavy atom. The fourth-order valence-electron chi connectivity index (χ4n) is 1.41. The molecule has 1 atom stereocenters. The summed E-state index contributed by atoms with van der Waals surface area (Å²) in [6, 6.07) is 4.46. The van der Waals surface area contributed by atoms with Crippen molar-refractivity contribution in [2.24, 2.45) is 0 Å². The molecule has 0 radical (unpaired) electrons. The van der Waals surface area contributed by atoms with Crippen molar-refractivity contribution in [1.82, 2.24) is 5.32 Å². The molecule has 0 aliphatic heterocycles. The minimum Gasteiger partial charge on any atom is -0.490 e. The van der Waals surface area contributed by atoms with Crippen molar-refractivity contribution in [2.75, 3.05) is 13.6 Å². The molecule has 1 N–H and O–H groups in total. The highest BCUT2D eigenvalue weighted by molar-refractivity contribution is 9.10. The Labute approximate surface area is 104 Å². The molecule has 0 spiro atoms. The lowest BCUT2D eigenvalue weighted by atomic mass is 10.2. The van der Waals surface area contributed by atoms with Crippen molar-refractivity contribution in [3.05, 3.63) is 28.5 Å². The Kier molecular flexibility index (Phi) is 5.77. The summed E-state index contributed by atoms with van der Waals surface area (Å²) in [5.41, 5.74) is 0. The van der Waals surface area contributed by atoms with Gasteiger partial charge in [-0.1, -0.05) is 0 Å². The highest BCUT2D eigenvalue weighted by Gasteiger charge is 2.07. The Morgan fingerprint density at radius 1 is 1.50 bits per heavy atom. The molecule has 2 nitrogen and oxygen atoms in total. The van der Waals surface area contributed by atoms with Gasteiger partial charge in [-0.2, -0.15) is 0 Å². The van der Waals surface area contributed by atoms with E-state index in [0.29, 0.717) is 10.2 Å². The van der Waals surface area contributed by atoms with Crippen LogP contribution in [0.5, 0.6) is 5.75 Å². The zero-order valence-electron chi connectivity index (χ0n) is 9.59. The molecule has 0 fully saturated rings. The number of rotatable bonds is 6. The third-order valence-electron chi connectivity index (χ3n) is 2.26. The molecule has 0 saturated heterocycles. The van der Waals surface area contributed by atoms with Gasteiger partial charge in [0.15, 0.2) is 0 Å². The summed E-state index contributed by atoms with van der Waals surface area (Å²) in [4.78, 5) is 0. The van der Waals surface area contributed by atoms with E-state index in [4.69, 9.17) is 4.74 Å². The van der Waals surface area contributed by atoms with E-state index in [0.717, 1.165) is 19.4 Å². The third-order valence-corrected chi connectivity index (χ3v) is 2.88. The molecule has 0 amide bonds. The number of hydrogen-bond acceptors (Lipinski definition) is 2. The second-order valence-electron chi connectivity index (χ2n) is 3.75. The number of ether oxygens (including phenoxy) is 1. The molecular formula is C12H17BrFNO. The van der Waals surface area contributed by atoms with Crippen molar-refractivity contribution < 1.29 is 9.13 Å². The lowest BCUT2D eigenvalue weighted by Crippen LogP contribution is -2.15. The summed E-state index contributed by atoms with van der Waals surface area (Å²) >= 11 is 3.28. The summed E-state index contributed by atoms with van der Waals surface area (Å²) in [6.45, 7) is 3.00. The average molecular weight is 290 g/mol. The predicted octanol–water partition coefficient (Wildman–Crippen LogP) is 3.36. The van der Waals surface area contributed by atoms with Gasteiger partial charge in [-0.15, -0.1) is 0 Å². The maximum Gasteiger partial charge on any atom is 0.134 e. The molecule has 90 valence electrons. The van der Waals surface area contributed by atoms with Crippen LogP contribution in [0.25, 0.3) is 0 Å². The molecular weight excluding hydrogens is 273 g/mol. The van der Waals surface area contributed by atoms with Crippen LogP contribution in [0.1, 0.15) is 19.8 Å². The Bertz CT molecular complexity index is 333. The molecule has 0 heterocycles. The van der Waals surface area contributed by atoms with Crippen LogP contribution < -0.4 is 10.1 Å². The molecule has 0 aliphatic rings. The van der Waals surface area contributed by atoms with Gasteiger partial charge in [0.1, 0.15) is 11.6 Å². The molecule has 0 bridgehead atoms. The fraction of sp³-hybridized carbons (Fsp3) is 0.500. The van der Waals surface area contributed by atoms with Crippen LogP contribution in [0.2, 0.25) is 0 Å². The van der Waals surface area contributed by atoms with Crippen LogP contribution in [0.4, 0.5) is 4.39 Å². The van der Waals surface area contributed by atoms with Gasteiger partial charge >= 0.3 is 0 Å². The van der Waals surface area contributed by atoms with Gasteiger partial charge in [-0.3, -0.25) is 0 Å². The quantitative estimate of drug-likeness (QED) is 0.811. The van der Waals surface area contributed by atoms with Crippen LogP contribution in [-0.4, -0.2) is 19.7 Å². The minimum absolute atomic E-state index is 0.134. The molecule has 1 aromatic rings. The average Bonchev–Trinajstić information content (AvgIpc) is 2.23. The number of halogens is 2. The fourth-order valence-corrected chi connectivity index (χ4v) is 1.86. The number of hydrogen-bond donors (Lipinski definition) is 1. The Hall–Kier alpha value is -0.610. The van der Waals surface area contributed by atoms with E-state index >= 15 is 0 Å². The van der Waals surface area contributed by atoms with E-state index in [1.807, 2.05) is 14.0 Å². The summed E-state index contributed by atoms with van der Waals surface area (Å²) < 4.78 is 19.2. The van der Waals surface area contributed by atoms with Gasteiger partial charge < -0.3 is 10.1 Å². The Morgan fingerprint density at radius 2 is 2.25 bits per heavy atom. The normalized spacial score (nSPS) is 12.5. The lowest BCUT2D eigenvalue weighted by Gasteiger charge is -2.15. The number of nitrogens with one attached hydrogen (secondary N) is 1. The van der Waals surface area contributed by atoms with Gasteiger partial charge in [0.25, 0.3) is 0 Å². The van der Waals surface area contributed by atoms with Crippen LogP contribution >= 0.6 is 15.9 Å². The molecule has 0 aliphatic carbocycles. The van der Waals surface area contributed by atoms with Crippen LogP contribution in [-0.2, 0) is 0 Å². The smallest absolute Gasteiger partial charge is 0.134 e. The first-order valence-corrected chi connectivity index (χ1v) is 6.19. The molecule has 0 aromatic heterocycles. The van der Waals surface area contributed by atoms with E-state index in [1.54, 1.807) is 6.07 Å². The van der Waals surface area contributed by atoms with E-state index in [-0.39, 0.29) is 11.9 Å². The third kappa shape index (κ3) is 4.49. The summed E-state index contributed by atoms with van der Waals surface area (Å²) in [5, 5.41) is 3.09. The summed E-state index contributed by atoms with van der Waals surface area (Å²) in [7, 11) is 1.93. The molecule has 16 heavy (non-hydrogen) atoms. The Balaban J connectivity index is 2.46. The van der Waals surface area contributed by atoms with Gasteiger partial charge in [-0.25, -0.2) is 4.39 Å². The molecule has 4 heteroatoms. The van der Waals surface area contributed by atoms with Crippen molar-refractivity contribution in [2.45, 2.75) is 25.9 Å². The zero-order valence-corrected chi connectivity index (χ0v) is 11.2. The van der Waals surface area contributed by atoms with Gasteiger partial charge in [-0.05, 0) is 67.5 Å². The number of benzene rings is 1. The maximum atomic E-state index is 12.8. The molecule has 1 unspecified atom stereocenters. The van der Waals surface area contributed by atoms with Gasteiger partial charge in [0, 0.05) is 0 Å². The van der Waals surface area contributed by atoms with E-state index in [9.17, 15) is 4.39 Å². The first kappa shape index (κ1) is 13.5.